The highest BCUT2D eigenvalue weighted by atomic mass is 16.3. The van der Waals surface area contributed by atoms with Gasteiger partial charge in [-0.25, -0.2) is 0 Å². The number of carbonyl (C=O) groups is 1. The molecule has 0 saturated carbocycles. The monoisotopic (exact) mass is 278 g/mol. The standard InChI is InChI=1S/C16H26N2O2/c1-13(2)9-16(3,20)12-17-11-15(19)18-10-14-7-5-4-6-8-14/h4-8,13,17,20H,9-12H2,1-3H3,(H,18,19). The molecule has 0 fully saturated rings. The van der Waals surface area contributed by atoms with E-state index in [-0.39, 0.29) is 12.5 Å². The Bertz CT molecular complexity index is 402. The summed E-state index contributed by atoms with van der Waals surface area (Å²) in [7, 11) is 0. The first-order valence-electron chi connectivity index (χ1n) is 7.13. The number of hydrogen-bond donors (Lipinski definition) is 3. The van der Waals surface area contributed by atoms with E-state index in [1.807, 2.05) is 30.3 Å². The molecule has 0 bridgehead atoms. The number of carbonyl (C=O) groups excluding carboxylic acids is 1. The van der Waals surface area contributed by atoms with Crippen LogP contribution in [0.25, 0.3) is 0 Å². The minimum absolute atomic E-state index is 0.0609. The predicted octanol–water partition coefficient (Wildman–Crippen LogP) is 1.69. The van der Waals surface area contributed by atoms with E-state index in [0.29, 0.717) is 25.4 Å². The van der Waals surface area contributed by atoms with Gasteiger partial charge in [-0.3, -0.25) is 4.79 Å². The molecule has 1 atom stereocenters. The first kappa shape index (κ1) is 16.7. The van der Waals surface area contributed by atoms with Crippen LogP contribution in [0.15, 0.2) is 30.3 Å². The summed E-state index contributed by atoms with van der Waals surface area (Å²) in [6.07, 6.45) is 0.714. The van der Waals surface area contributed by atoms with Crippen LogP contribution < -0.4 is 10.6 Å². The van der Waals surface area contributed by atoms with Crippen molar-refractivity contribution in [2.24, 2.45) is 5.92 Å². The molecule has 1 aromatic carbocycles. The average Bonchev–Trinajstić information content (AvgIpc) is 2.36. The Labute approximate surface area is 121 Å². The lowest BCUT2D eigenvalue weighted by atomic mass is 9.94. The fraction of sp³-hybridized carbons (Fsp3) is 0.562. The molecule has 112 valence electrons. The second kappa shape index (κ2) is 8.02. The highest BCUT2D eigenvalue weighted by molar-refractivity contribution is 5.77. The molecule has 3 N–H and O–H groups in total. The van der Waals surface area contributed by atoms with Crippen molar-refractivity contribution in [2.75, 3.05) is 13.1 Å². The topological polar surface area (TPSA) is 61.4 Å². The Kier molecular flexibility index (Phi) is 6.68. The van der Waals surface area contributed by atoms with Gasteiger partial charge in [0, 0.05) is 13.1 Å². The number of hydrogen-bond acceptors (Lipinski definition) is 3. The van der Waals surface area contributed by atoms with Gasteiger partial charge in [0.25, 0.3) is 0 Å². The normalized spacial score (nSPS) is 14.1. The number of aliphatic hydroxyl groups is 1. The molecule has 0 heterocycles. The van der Waals surface area contributed by atoms with Gasteiger partial charge in [-0.1, -0.05) is 44.2 Å². The van der Waals surface area contributed by atoms with Gasteiger partial charge in [-0.05, 0) is 24.8 Å². The molecule has 0 aliphatic rings. The third-order valence-electron chi connectivity index (χ3n) is 2.97. The van der Waals surface area contributed by atoms with Crippen molar-refractivity contribution in [2.45, 2.75) is 39.3 Å². The van der Waals surface area contributed by atoms with E-state index in [2.05, 4.69) is 24.5 Å². The molecule has 0 saturated heterocycles. The molecular formula is C16H26N2O2. The minimum Gasteiger partial charge on any atom is -0.389 e. The van der Waals surface area contributed by atoms with Gasteiger partial charge < -0.3 is 15.7 Å². The van der Waals surface area contributed by atoms with Gasteiger partial charge >= 0.3 is 0 Å². The van der Waals surface area contributed by atoms with Gasteiger partial charge in [-0.2, -0.15) is 0 Å². The summed E-state index contributed by atoms with van der Waals surface area (Å²) in [5, 5.41) is 16.0. The average molecular weight is 278 g/mol. The molecule has 1 rings (SSSR count). The lowest BCUT2D eigenvalue weighted by Gasteiger charge is -2.25. The van der Waals surface area contributed by atoms with Gasteiger partial charge in [0.05, 0.1) is 12.1 Å². The third kappa shape index (κ3) is 7.26. The first-order valence-corrected chi connectivity index (χ1v) is 7.13. The van der Waals surface area contributed by atoms with Crippen molar-refractivity contribution < 1.29 is 9.90 Å². The zero-order valence-corrected chi connectivity index (χ0v) is 12.6. The summed E-state index contributed by atoms with van der Waals surface area (Å²) in [5.74, 6) is 0.368. The molecule has 4 heteroatoms. The zero-order valence-electron chi connectivity index (χ0n) is 12.6. The van der Waals surface area contributed by atoms with E-state index in [1.165, 1.54) is 0 Å². The Morgan fingerprint density at radius 1 is 1.30 bits per heavy atom. The summed E-state index contributed by atoms with van der Waals surface area (Å²) in [6, 6.07) is 9.79. The van der Waals surface area contributed by atoms with Crippen molar-refractivity contribution >= 4 is 5.91 Å². The lowest BCUT2D eigenvalue weighted by Crippen LogP contribution is -2.43. The van der Waals surface area contributed by atoms with Gasteiger partial charge in [0.1, 0.15) is 0 Å². The maximum absolute atomic E-state index is 11.7. The summed E-state index contributed by atoms with van der Waals surface area (Å²) in [4.78, 5) is 11.7. The molecule has 0 aromatic heterocycles. The largest absolute Gasteiger partial charge is 0.389 e. The van der Waals surface area contributed by atoms with E-state index < -0.39 is 5.60 Å². The van der Waals surface area contributed by atoms with Crippen molar-refractivity contribution in [1.29, 1.82) is 0 Å². The fourth-order valence-corrected chi connectivity index (χ4v) is 2.26. The number of nitrogens with one attached hydrogen (secondary N) is 2. The van der Waals surface area contributed by atoms with E-state index in [9.17, 15) is 9.90 Å². The van der Waals surface area contributed by atoms with Crippen LogP contribution in [0.1, 0.15) is 32.8 Å². The van der Waals surface area contributed by atoms with Crippen LogP contribution in [0.4, 0.5) is 0 Å². The molecule has 0 spiro atoms. The lowest BCUT2D eigenvalue weighted by molar-refractivity contribution is -0.120. The first-order chi connectivity index (χ1) is 9.39. The highest BCUT2D eigenvalue weighted by Gasteiger charge is 2.21. The van der Waals surface area contributed by atoms with E-state index in [0.717, 1.165) is 5.56 Å². The summed E-state index contributed by atoms with van der Waals surface area (Å²) >= 11 is 0. The van der Waals surface area contributed by atoms with Crippen molar-refractivity contribution in [3.63, 3.8) is 0 Å². The fourth-order valence-electron chi connectivity index (χ4n) is 2.26. The van der Waals surface area contributed by atoms with Crippen LogP contribution in [-0.2, 0) is 11.3 Å². The number of benzene rings is 1. The van der Waals surface area contributed by atoms with Crippen LogP contribution >= 0.6 is 0 Å². The second-order valence-corrected chi connectivity index (χ2v) is 5.96. The summed E-state index contributed by atoms with van der Waals surface area (Å²) in [5.41, 5.74) is 0.307. The van der Waals surface area contributed by atoms with Gasteiger partial charge in [0.15, 0.2) is 0 Å². The molecule has 1 aromatic rings. The number of amides is 1. The van der Waals surface area contributed by atoms with Crippen LogP contribution in [0.5, 0.6) is 0 Å². The van der Waals surface area contributed by atoms with E-state index in [4.69, 9.17) is 0 Å². The quantitative estimate of drug-likeness (QED) is 0.678. The zero-order chi connectivity index (χ0) is 15.0. The summed E-state index contributed by atoms with van der Waals surface area (Å²) < 4.78 is 0. The molecule has 0 aliphatic heterocycles. The Hall–Kier alpha value is -1.39. The Balaban J connectivity index is 2.20. The molecule has 20 heavy (non-hydrogen) atoms. The Morgan fingerprint density at radius 2 is 1.95 bits per heavy atom. The minimum atomic E-state index is -0.770. The molecular weight excluding hydrogens is 252 g/mol. The second-order valence-electron chi connectivity index (χ2n) is 5.96. The third-order valence-corrected chi connectivity index (χ3v) is 2.97. The molecule has 4 nitrogen and oxygen atoms in total. The maximum Gasteiger partial charge on any atom is 0.234 e. The van der Waals surface area contributed by atoms with Crippen LogP contribution in [0.3, 0.4) is 0 Å². The van der Waals surface area contributed by atoms with Gasteiger partial charge in [0.2, 0.25) is 5.91 Å². The van der Waals surface area contributed by atoms with Crippen molar-refractivity contribution in [1.82, 2.24) is 10.6 Å². The SMILES string of the molecule is CC(C)CC(C)(O)CNCC(=O)NCc1ccccc1. The van der Waals surface area contributed by atoms with Crippen LogP contribution in [0, 0.1) is 5.92 Å². The molecule has 0 aliphatic carbocycles. The smallest absolute Gasteiger partial charge is 0.234 e. The molecule has 0 radical (unpaired) electrons. The van der Waals surface area contributed by atoms with Gasteiger partial charge in [-0.15, -0.1) is 0 Å². The Morgan fingerprint density at radius 3 is 2.55 bits per heavy atom. The number of rotatable bonds is 8. The molecule has 1 amide bonds. The van der Waals surface area contributed by atoms with Crippen molar-refractivity contribution in [3.05, 3.63) is 35.9 Å². The predicted molar refractivity (Wildman–Crippen MR) is 81.2 cm³/mol. The van der Waals surface area contributed by atoms with Crippen LogP contribution in [0.2, 0.25) is 0 Å². The van der Waals surface area contributed by atoms with E-state index >= 15 is 0 Å². The summed E-state index contributed by atoms with van der Waals surface area (Å²) in [6.45, 7) is 7.11. The molecule has 1 unspecified atom stereocenters. The maximum atomic E-state index is 11.7. The highest BCUT2D eigenvalue weighted by Crippen LogP contribution is 2.14. The van der Waals surface area contributed by atoms with Crippen LogP contribution in [-0.4, -0.2) is 29.7 Å². The van der Waals surface area contributed by atoms with E-state index in [1.54, 1.807) is 6.92 Å². The van der Waals surface area contributed by atoms with Crippen molar-refractivity contribution in [3.8, 4) is 0 Å².